The van der Waals surface area contributed by atoms with E-state index >= 15 is 4.79 Å². The van der Waals surface area contributed by atoms with E-state index in [1.54, 1.807) is 93.6 Å². The number of carbonyl (C=O) groups is 6. The Bertz CT molecular complexity index is 2340. The molecule has 2 saturated carbocycles. The minimum atomic E-state index is -2.36. The standard InChI is InChI=1S/C49H55NO15/c1-27(31-18-12-8-13-19-31)39(63-36(53)24-50-45(58)60-25-30-16-10-7-11-17-30)44(57)62-33-23-49(59)42(64-43(56)32-20-14-9-15-21-32)40-47(6,41(55)38(54)37(28(33)2)46(49,4)5)34(52)22-35-48(40,26-61-35)65-29(3)51/h7-21,27,33-35,38-40,42,52,54,59H,22-26H2,1-6H3,(H,50,58)/t27-,33-,34-,35?,38+,39+,40-,42-,47+,48-,49+/m0/s1. The van der Waals surface area contributed by atoms with Gasteiger partial charge < -0.3 is 49.1 Å². The van der Waals surface area contributed by atoms with Crippen molar-refractivity contribution < 1.29 is 72.5 Å². The fraction of sp³-hybridized carbons (Fsp3) is 0.469. The smallest absolute Gasteiger partial charge is 0.407 e. The number of ketones is 1. The molecule has 0 aromatic heterocycles. The molecule has 1 aliphatic heterocycles. The molecular weight excluding hydrogens is 843 g/mol. The van der Waals surface area contributed by atoms with Crippen LogP contribution in [0.4, 0.5) is 4.79 Å². The first-order valence-corrected chi connectivity index (χ1v) is 21.6. The first-order chi connectivity index (χ1) is 30.8. The van der Waals surface area contributed by atoms with Crippen molar-refractivity contribution in [2.75, 3.05) is 13.2 Å². The number of aliphatic hydroxyl groups is 3. The van der Waals surface area contributed by atoms with Crippen LogP contribution in [0, 0.1) is 16.7 Å². The number of alkyl carbamates (subject to hydrolysis) is 1. The zero-order chi connectivity index (χ0) is 47.1. The van der Waals surface area contributed by atoms with Crippen molar-refractivity contribution in [3.8, 4) is 0 Å². The summed E-state index contributed by atoms with van der Waals surface area (Å²) < 4.78 is 35.4. The summed E-state index contributed by atoms with van der Waals surface area (Å²) in [6.45, 7) is 7.78. The third kappa shape index (κ3) is 8.44. The molecule has 4 N–H and O–H groups in total. The summed E-state index contributed by atoms with van der Waals surface area (Å²) in [5.41, 5.74) is -6.29. The van der Waals surface area contributed by atoms with Gasteiger partial charge in [0.05, 0.1) is 29.6 Å². The van der Waals surface area contributed by atoms with Crippen molar-refractivity contribution in [2.24, 2.45) is 16.7 Å². The van der Waals surface area contributed by atoms with Crippen molar-refractivity contribution in [3.63, 3.8) is 0 Å². The molecule has 0 spiro atoms. The van der Waals surface area contributed by atoms with Crippen molar-refractivity contribution in [2.45, 2.75) is 115 Å². The maximum Gasteiger partial charge on any atom is 0.407 e. The summed E-state index contributed by atoms with van der Waals surface area (Å²) in [5.74, 6) is -7.07. The van der Waals surface area contributed by atoms with Gasteiger partial charge in [-0.2, -0.15) is 0 Å². The van der Waals surface area contributed by atoms with E-state index in [0.29, 0.717) is 11.1 Å². The molecule has 1 heterocycles. The number of hydrogen-bond acceptors (Lipinski definition) is 15. The predicted molar refractivity (Wildman–Crippen MR) is 228 cm³/mol. The van der Waals surface area contributed by atoms with Crippen LogP contribution in [-0.4, -0.2) is 112 Å². The summed E-state index contributed by atoms with van der Waals surface area (Å²) in [5, 5.41) is 40.1. The van der Waals surface area contributed by atoms with E-state index < -0.39 is 119 Å². The summed E-state index contributed by atoms with van der Waals surface area (Å²) in [7, 11) is 0. The molecule has 11 atom stereocenters. The average Bonchev–Trinajstić information content (AvgIpc) is 3.28. The molecule has 0 radical (unpaired) electrons. The lowest BCUT2D eigenvalue weighted by molar-refractivity contribution is -0.346. The first kappa shape index (κ1) is 47.0. The summed E-state index contributed by atoms with van der Waals surface area (Å²) >= 11 is 0. The van der Waals surface area contributed by atoms with E-state index in [1.807, 2.05) is 6.07 Å². The second kappa shape index (κ2) is 18.1. The van der Waals surface area contributed by atoms with Crippen LogP contribution in [0.3, 0.4) is 0 Å². The largest absolute Gasteiger partial charge is 0.455 e. The lowest BCUT2D eigenvalue weighted by Gasteiger charge is -2.67. The maximum absolute atomic E-state index is 15.1. The second-order valence-corrected chi connectivity index (χ2v) is 18.1. The Labute approximate surface area is 376 Å². The molecule has 1 amide bonds. The molecule has 7 rings (SSSR count). The lowest BCUT2D eigenvalue weighted by Crippen LogP contribution is -2.81. The zero-order valence-electron chi connectivity index (χ0n) is 37.1. The Kier molecular flexibility index (Phi) is 13.1. The minimum absolute atomic E-state index is 0.0573. The molecule has 3 aromatic carbocycles. The van der Waals surface area contributed by atoms with E-state index in [4.69, 9.17) is 28.4 Å². The van der Waals surface area contributed by atoms with Gasteiger partial charge in [-0.05, 0) is 48.3 Å². The third-order valence-electron chi connectivity index (χ3n) is 14.0. The van der Waals surface area contributed by atoms with Crippen molar-refractivity contribution in [1.29, 1.82) is 0 Å². The van der Waals surface area contributed by atoms with Gasteiger partial charge in [-0.3, -0.25) is 14.4 Å². The van der Waals surface area contributed by atoms with E-state index in [2.05, 4.69) is 5.32 Å². The second-order valence-electron chi connectivity index (χ2n) is 18.1. The SMILES string of the molecule is CC(=O)O[C@@]12COC1C[C@H](O)[C@@]1(C)C(=O)[C@H](O)C3=C(C)[C@@H](OC(=O)[C@H](OC(=O)CNC(=O)OCc4ccccc4)[C@@H](C)c4ccccc4)C[C@@](O)([C@@H](OC(=O)c4ccccc4)[C@@H]12)C3(C)C. The molecule has 4 aliphatic rings. The Hall–Kier alpha value is -5.94. The maximum atomic E-state index is 15.1. The van der Waals surface area contributed by atoms with Crippen molar-refractivity contribution in [3.05, 3.63) is 119 Å². The summed E-state index contributed by atoms with van der Waals surface area (Å²) in [6, 6.07) is 25.4. The van der Waals surface area contributed by atoms with Gasteiger partial charge in [-0.1, -0.05) is 99.6 Å². The number of aliphatic hydroxyl groups excluding tert-OH is 2. The number of rotatable bonds is 12. The van der Waals surface area contributed by atoms with Gasteiger partial charge in [0.15, 0.2) is 11.4 Å². The topological polar surface area (TPSA) is 231 Å². The van der Waals surface area contributed by atoms with Gasteiger partial charge in [0.2, 0.25) is 6.10 Å². The van der Waals surface area contributed by atoms with Gasteiger partial charge in [-0.15, -0.1) is 0 Å². The van der Waals surface area contributed by atoms with Crippen LogP contribution in [0.5, 0.6) is 0 Å². The highest BCUT2D eigenvalue weighted by Crippen LogP contribution is 2.64. The minimum Gasteiger partial charge on any atom is -0.455 e. The van der Waals surface area contributed by atoms with Crippen LogP contribution in [0.25, 0.3) is 0 Å². The molecule has 346 valence electrons. The molecule has 16 nitrogen and oxygen atoms in total. The van der Waals surface area contributed by atoms with Gasteiger partial charge in [0.1, 0.15) is 43.2 Å². The average molecular weight is 898 g/mol. The number of fused-ring (bicyclic) bond motifs is 5. The molecule has 3 aliphatic carbocycles. The zero-order valence-corrected chi connectivity index (χ0v) is 37.1. The number of ether oxygens (including phenoxy) is 6. The number of Topliss-reactive ketones (excluding diaryl/α,β-unsaturated/α-hetero) is 1. The quantitative estimate of drug-likeness (QED) is 0.113. The van der Waals surface area contributed by atoms with Gasteiger partial charge in [0, 0.05) is 31.1 Å². The Morgan fingerprint density at radius 2 is 1.51 bits per heavy atom. The number of carbonyl (C=O) groups excluding carboxylic acids is 6. The highest BCUT2D eigenvalue weighted by Gasteiger charge is 2.78. The number of amides is 1. The van der Waals surface area contributed by atoms with E-state index in [-0.39, 0.29) is 36.3 Å². The molecule has 1 saturated heterocycles. The van der Waals surface area contributed by atoms with Crippen LogP contribution in [0.1, 0.15) is 81.8 Å². The van der Waals surface area contributed by atoms with Crippen molar-refractivity contribution in [1.82, 2.24) is 5.32 Å². The van der Waals surface area contributed by atoms with E-state index in [1.165, 1.54) is 26.0 Å². The van der Waals surface area contributed by atoms with Gasteiger partial charge in [-0.25, -0.2) is 14.4 Å². The molecule has 16 heteroatoms. The number of nitrogens with one attached hydrogen (secondary N) is 1. The fourth-order valence-corrected chi connectivity index (χ4v) is 10.4. The van der Waals surface area contributed by atoms with E-state index in [9.17, 15) is 39.3 Å². The molecular formula is C49H55NO15. The van der Waals surface area contributed by atoms with Crippen LogP contribution in [0.2, 0.25) is 0 Å². The highest BCUT2D eigenvalue weighted by molar-refractivity contribution is 5.94. The number of hydrogen-bond donors (Lipinski definition) is 4. The predicted octanol–water partition coefficient (Wildman–Crippen LogP) is 4.27. The summed E-state index contributed by atoms with van der Waals surface area (Å²) in [6.07, 6.45) is -11.1. The molecule has 1 unspecified atom stereocenters. The number of esters is 4. The first-order valence-electron chi connectivity index (χ1n) is 21.6. The lowest BCUT2D eigenvalue weighted by atomic mass is 9.44. The Morgan fingerprint density at radius 1 is 0.892 bits per heavy atom. The molecule has 3 fully saturated rings. The van der Waals surface area contributed by atoms with Crippen LogP contribution < -0.4 is 5.32 Å². The Morgan fingerprint density at radius 3 is 2.11 bits per heavy atom. The molecule has 65 heavy (non-hydrogen) atoms. The monoisotopic (exact) mass is 897 g/mol. The van der Waals surface area contributed by atoms with Crippen LogP contribution in [-0.2, 0) is 54.2 Å². The van der Waals surface area contributed by atoms with Crippen LogP contribution in [0.15, 0.2) is 102 Å². The Balaban J connectivity index is 1.27. The van der Waals surface area contributed by atoms with Gasteiger partial charge in [0.25, 0.3) is 0 Å². The van der Waals surface area contributed by atoms with Crippen LogP contribution >= 0.6 is 0 Å². The third-order valence-corrected chi connectivity index (χ3v) is 14.0. The van der Waals surface area contributed by atoms with E-state index in [0.717, 1.165) is 6.92 Å². The molecule has 2 bridgehead atoms. The molecule has 3 aromatic rings. The summed E-state index contributed by atoms with van der Waals surface area (Å²) in [4.78, 5) is 82.7. The van der Waals surface area contributed by atoms with Gasteiger partial charge >= 0.3 is 30.0 Å². The number of benzene rings is 3. The fourth-order valence-electron chi connectivity index (χ4n) is 10.4. The van der Waals surface area contributed by atoms with Crippen molar-refractivity contribution >= 4 is 35.8 Å². The normalized spacial score (nSPS) is 30.9. The highest BCUT2D eigenvalue weighted by atomic mass is 16.6.